The molecule has 0 atom stereocenters. The summed E-state index contributed by atoms with van der Waals surface area (Å²) in [7, 11) is 3.80. The molecule has 0 bridgehead atoms. The number of hydrogen-bond acceptors (Lipinski definition) is 1. The lowest BCUT2D eigenvalue weighted by atomic mass is 10.2. The summed E-state index contributed by atoms with van der Waals surface area (Å²) < 4.78 is 0. The smallest absolute Gasteiger partial charge is 0.193 e. The highest BCUT2D eigenvalue weighted by molar-refractivity contribution is 5.79. The highest BCUT2D eigenvalue weighted by atomic mass is 15.3. The Hall–Kier alpha value is -0.730. The summed E-state index contributed by atoms with van der Waals surface area (Å²) in [6, 6.07) is 0.719. The fourth-order valence-corrected chi connectivity index (χ4v) is 2.18. The van der Waals surface area contributed by atoms with Gasteiger partial charge >= 0.3 is 0 Å². The van der Waals surface area contributed by atoms with E-state index in [1.165, 1.54) is 25.7 Å². The van der Waals surface area contributed by atoms with Crippen molar-refractivity contribution in [2.75, 3.05) is 20.6 Å². The second-order valence-electron chi connectivity index (χ2n) is 3.52. The Kier molecular flexibility index (Phi) is 4.06. The van der Waals surface area contributed by atoms with Crippen LogP contribution in [0, 0.1) is 0 Å². The maximum atomic E-state index is 4.25. The van der Waals surface area contributed by atoms with E-state index in [4.69, 9.17) is 0 Å². The number of aliphatic imine (C=N–C) groups is 1. The maximum absolute atomic E-state index is 4.25. The molecule has 0 unspecified atom stereocenters. The second kappa shape index (κ2) is 5.10. The maximum Gasteiger partial charge on any atom is 0.193 e. The third-order valence-electron chi connectivity index (χ3n) is 2.81. The minimum absolute atomic E-state index is 0.719. The Balaban J connectivity index is 2.59. The van der Waals surface area contributed by atoms with Gasteiger partial charge in [-0.2, -0.15) is 0 Å². The molecule has 0 aromatic carbocycles. The minimum atomic E-state index is 0.719. The zero-order valence-corrected chi connectivity index (χ0v) is 9.01. The van der Waals surface area contributed by atoms with E-state index < -0.39 is 0 Å². The number of nitrogens with zero attached hydrogens (tertiary/aromatic N) is 2. The topological polar surface area (TPSA) is 27.6 Å². The van der Waals surface area contributed by atoms with Crippen molar-refractivity contribution in [1.82, 2.24) is 10.2 Å². The van der Waals surface area contributed by atoms with Gasteiger partial charge in [0.05, 0.1) is 0 Å². The van der Waals surface area contributed by atoms with Crippen LogP contribution in [0.1, 0.15) is 32.6 Å². The highest BCUT2D eigenvalue weighted by Gasteiger charge is 2.22. The molecule has 1 rings (SSSR count). The fourth-order valence-electron chi connectivity index (χ4n) is 2.18. The van der Waals surface area contributed by atoms with Gasteiger partial charge in [-0.05, 0) is 19.8 Å². The molecule has 0 radical (unpaired) electrons. The largest absolute Gasteiger partial charge is 0.359 e. The first-order valence-corrected chi connectivity index (χ1v) is 5.24. The van der Waals surface area contributed by atoms with Crippen LogP contribution in [-0.2, 0) is 0 Å². The van der Waals surface area contributed by atoms with E-state index in [0.29, 0.717) is 0 Å². The van der Waals surface area contributed by atoms with Crippen molar-refractivity contribution in [3.63, 3.8) is 0 Å². The van der Waals surface area contributed by atoms with Gasteiger partial charge in [0.25, 0.3) is 0 Å². The number of hydrogen-bond donors (Lipinski definition) is 1. The van der Waals surface area contributed by atoms with Gasteiger partial charge in [0.15, 0.2) is 5.96 Å². The van der Waals surface area contributed by atoms with Crippen LogP contribution in [0.25, 0.3) is 0 Å². The van der Waals surface area contributed by atoms with Crippen LogP contribution in [0.15, 0.2) is 4.99 Å². The number of guanidine groups is 1. The zero-order chi connectivity index (χ0) is 9.68. The molecular weight excluding hydrogens is 162 g/mol. The zero-order valence-electron chi connectivity index (χ0n) is 9.01. The van der Waals surface area contributed by atoms with Crippen LogP contribution in [0.5, 0.6) is 0 Å². The van der Waals surface area contributed by atoms with Crippen molar-refractivity contribution < 1.29 is 0 Å². The van der Waals surface area contributed by atoms with Crippen LogP contribution in [0.2, 0.25) is 0 Å². The number of rotatable bonds is 2. The third-order valence-corrected chi connectivity index (χ3v) is 2.81. The van der Waals surface area contributed by atoms with Crippen LogP contribution >= 0.6 is 0 Å². The molecule has 0 saturated heterocycles. The Labute approximate surface area is 81.2 Å². The predicted molar refractivity (Wildman–Crippen MR) is 57.1 cm³/mol. The molecule has 0 aromatic rings. The summed E-state index contributed by atoms with van der Waals surface area (Å²) >= 11 is 0. The van der Waals surface area contributed by atoms with Crippen LogP contribution < -0.4 is 5.32 Å². The van der Waals surface area contributed by atoms with Crippen LogP contribution in [0.3, 0.4) is 0 Å². The molecule has 3 heteroatoms. The summed E-state index contributed by atoms with van der Waals surface area (Å²) in [5.74, 6) is 1.04. The summed E-state index contributed by atoms with van der Waals surface area (Å²) in [6.07, 6.45) is 5.41. The molecule has 0 amide bonds. The first kappa shape index (κ1) is 10.4. The lowest BCUT2D eigenvalue weighted by Gasteiger charge is -2.30. The summed E-state index contributed by atoms with van der Waals surface area (Å²) in [5.41, 5.74) is 0. The molecule has 1 fully saturated rings. The van der Waals surface area contributed by atoms with Gasteiger partial charge < -0.3 is 10.2 Å². The minimum Gasteiger partial charge on any atom is -0.359 e. The molecule has 76 valence electrons. The highest BCUT2D eigenvalue weighted by Crippen LogP contribution is 2.23. The molecule has 0 aromatic heterocycles. The van der Waals surface area contributed by atoms with Crippen molar-refractivity contribution in [3.05, 3.63) is 0 Å². The summed E-state index contributed by atoms with van der Waals surface area (Å²) in [4.78, 5) is 6.64. The SMILES string of the molecule is CCN(C(=NC)NC)C1CCCC1. The standard InChI is InChI=1S/C10H21N3/c1-4-13(10(11-2)12-3)9-7-5-6-8-9/h9H,4-8H2,1-3H3,(H,11,12). The van der Waals surface area contributed by atoms with Gasteiger partial charge in [-0.15, -0.1) is 0 Å². The molecule has 1 aliphatic carbocycles. The molecule has 0 heterocycles. The molecule has 3 nitrogen and oxygen atoms in total. The Morgan fingerprint density at radius 2 is 2.08 bits per heavy atom. The van der Waals surface area contributed by atoms with E-state index >= 15 is 0 Å². The molecule has 1 N–H and O–H groups in total. The predicted octanol–water partition coefficient (Wildman–Crippen LogP) is 1.46. The van der Waals surface area contributed by atoms with Crippen molar-refractivity contribution >= 4 is 5.96 Å². The number of nitrogens with one attached hydrogen (secondary N) is 1. The average Bonchev–Trinajstić information content (AvgIpc) is 2.66. The molecule has 13 heavy (non-hydrogen) atoms. The molecule has 1 saturated carbocycles. The molecule has 0 aliphatic heterocycles. The fraction of sp³-hybridized carbons (Fsp3) is 0.900. The Morgan fingerprint density at radius 3 is 2.46 bits per heavy atom. The molecular formula is C10H21N3. The summed E-state index contributed by atoms with van der Waals surface area (Å²) in [6.45, 7) is 3.25. The molecule has 0 spiro atoms. The molecule has 1 aliphatic rings. The van der Waals surface area contributed by atoms with Crippen LogP contribution in [0.4, 0.5) is 0 Å². The van der Waals surface area contributed by atoms with E-state index in [-0.39, 0.29) is 0 Å². The first-order chi connectivity index (χ1) is 6.33. The van der Waals surface area contributed by atoms with E-state index in [1.807, 2.05) is 14.1 Å². The first-order valence-electron chi connectivity index (χ1n) is 5.24. The van der Waals surface area contributed by atoms with Crippen molar-refractivity contribution in [1.29, 1.82) is 0 Å². The average molecular weight is 183 g/mol. The summed E-state index contributed by atoms with van der Waals surface area (Å²) in [5, 5.41) is 3.16. The van der Waals surface area contributed by atoms with Crippen molar-refractivity contribution in [2.24, 2.45) is 4.99 Å². The van der Waals surface area contributed by atoms with Crippen LogP contribution in [-0.4, -0.2) is 37.5 Å². The monoisotopic (exact) mass is 183 g/mol. The van der Waals surface area contributed by atoms with E-state index in [0.717, 1.165) is 18.5 Å². The quantitative estimate of drug-likeness (QED) is 0.518. The van der Waals surface area contributed by atoms with Gasteiger partial charge in [-0.1, -0.05) is 12.8 Å². The van der Waals surface area contributed by atoms with E-state index in [9.17, 15) is 0 Å². The lowest BCUT2D eigenvalue weighted by Crippen LogP contribution is -2.44. The van der Waals surface area contributed by atoms with E-state index in [1.54, 1.807) is 0 Å². The Bertz CT molecular complexity index is 171. The lowest BCUT2D eigenvalue weighted by molar-refractivity contribution is 0.320. The van der Waals surface area contributed by atoms with Gasteiger partial charge in [0.2, 0.25) is 0 Å². The normalized spacial score (nSPS) is 19.2. The third kappa shape index (κ3) is 2.36. The van der Waals surface area contributed by atoms with Gasteiger partial charge in [-0.3, -0.25) is 4.99 Å². The van der Waals surface area contributed by atoms with Crippen molar-refractivity contribution in [3.8, 4) is 0 Å². The Morgan fingerprint density at radius 1 is 1.46 bits per heavy atom. The van der Waals surface area contributed by atoms with Gasteiger partial charge in [-0.25, -0.2) is 0 Å². The van der Waals surface area contributed by atoms with Gasteiger partial charge in [0.1, 0.15) is 0 Å². The van der Waals surface area contributed by atoms with E-state index in [2.05, 4.69) is 22.1 Å². The van der Waals surface area contributed by atoms with Gasteiger partial charge in [0, 0.05) is 26.7 Å². The van der Waals surface area contributed by atoms with Crippen molar-refractivity contribution in [2.45, 2.75) is 38.6 Å². The second-order valence-corrected chi connectivity index (χ2v) is 3.52.